The number of benzene rings is 1. The molecule has 0 aliphatic heterocycles. The van der Waals surface area contributed by atoms with Crippen LogP contribution in [0, 0.1) is 0 Å². The lowest BCUT2D eigenvalue weighted by molar-refractivity contribution is 0.0953. The highest BCUT2D eigenvalue weighted by Gasteiger charge is 2.11. The smallest absolute Gasteiger partial charge is 0.252 e. The molecule has 1 amide bonds. The van der Waals surface area contributed by atoms with Gasteiger partial charge < -0.3 is 16.3 Å². The molecule has 0 atom stereocenters. The second-order valence-corrected chi connectivity index (χ2v) is 4.34. The largest absolute Gasteiger partial charge is 0.409 e. The third kappa shape index (κ3) is 4.09. The van der Waals surface area contributed by atoms with Crippen molar-refractivity contribution in [2.45, 2.75) is 12.8 Å². The average Bonchev–Trinajstić information content (AvgIpc) is 2.37. The summed E-state index contributed by atoms with van der Waals surface area (Å²) in [6, 6.07) is 4.85. The van der Waals surface area contributed by atoms with Crippen molar-refractivity contribution in [2.75, 3.05) is 6.54 Å². The van der Waals surface area contributed by atoms with Gasteiger partial charge in [-0.3, -0.25) is 4.79 Å². The van der Waals surface area contributed by atoms with E-state index in [1.807, 2.05) is 0 Å². The summed E-state index contributed by atoms with van der Waals surface area (Å²) in [5.41, 5.74) is 5.62. The van der Waals surface area contributed by atoms with Gasteiger partial charge in [0.25, 0.3) is 5.91 Å². The van der Waals surface area contributed by atoms with Gasteiger partial charge in [0, 0.05) is 13.0 Å². The fraction of sp³-hybridized carbons (Fsp3) is 0.273. The molecule has 0 fully saturated rings. The first kappa shape index (κ1) is 14.6. The van der Waals surface area contributed by atoms with Crippen LogP contribution in [0.25, 0.3) is 0 Å². The van der Waals surface area contributed by atoms with E-state index in [1.54, 1.807) is 18.2 Å². The normalized spacial score (nSPS) is 11.3. The predicted octanol–water partition coefficient (Wildman–Crippen LogP) is 2.25. The number of amidine groups is 1. The number of carbonyl (C=O) groups is 1. The molecule has 1 rings (SSSR count). The Kier molecular flexibility index (Phi) is 5.74. The number of hydrogen-bond acceptors (Lipinski definition) is 3. The van der Waals surface area contributed by atoms with Crippen LogP contribution in [0.4, 0.5) is 0 Å². The van der Waals surface area contributed by atoms with E-state index in [1.165, 1.54) is 0 Å². The van der Waals surface area contributed by atoms with Crippen LogP contribution in [0.15, 0.2) is 23.4 Å². The number of amides is 1. The lowest BCUT2D eigenvalue weighted by Gasteiger charge is -2.07. The van der Waals surface area contributed by atoms with E-state index in [9.17, 15) is 4.79 Å². The summed E-state index contributed by atoms with van der Waals surface area (Å²) < 4.78 is 0. The first-order chi connectivity index (χ1) is 8.56. The van der Waals surface area contributed by atoms with Crippen LogP contribution >= 0.6 is 23.2 Å². The van der Waals surface area contributed by atoms with Crippen LogP contribution in [0.5, 0.6) is 0 Å². The number of carbonyl (C=O) groups excluding carboxylic acids is 1. The topological polar surface area (TPSA) is 87.7 Å². The highest BCUT2D eigenvalue weighted by molar-refractivity contribution is 6.43. The molecule has 1 aromatic rings. The van der Waals surface area contributed by atoms with Gasteiger partial charge in [0.2, 0.25) is 0 Å². The molecule has 5 nitrogen and oxygen atoms in total. The zero-order chi connectivity index (χ0) is 13.5. The van der Waals surface area contributed by atoms with Gasteiger partial charge in [-0.15, -0.1) is 0 Å². The Hall–Kier alpha value is -1.46. The molecule has 0 saturated heterocycles. The summed E-state index contributed by atoms with van der Waals surface area (Å²) in [5, 5.41) is 14.4. The zero-order valence-electron chi connectivity index (χ0n) is 9.49. The number of nitrogens with zero attached hydrogens (tertiary/aromatic N) is 1. The van der Waals surface area contributed by atoms with Gasteiger partial charge in [0.1, 0.15) is 5.84 Å². The van der Waals surface area contributed by atoms with E-state index in [0.717, 1.165) is 0 Å². The maximum atomic E-state index is 11.8. The average molecular weight is 290 g/mol. The van der Waals surface area contributed by atoms with Crippen molar-refractivity contribution in [1.29, 1.82) is 0 Å². The zero-order valence-corrected chi connectivity index (χ0v) is 11.0. The molecule has 0 spiro atoms. The minimum Gasteiger partial charge on any atom is -0.409 e. The van der Waals surface area contributed by atoms with Crippen molar-refractivity contribution >= 4 is 34.9 Å². The summed E-state index contributed by atoms with van der Waals surface area (Å²) in [6.45, 7) is 0.401. The van der Waals surface area contributed by atoms with E-state index in [4.69, 9.17) is 34.1 Å². The first-order valence-electron chi connectivity index (χ1n) is 5.25. The Labute approximate surface area is 115 Å². The van der Waals surface area contributed by atoms with Crippen molar-refractivity contribution in [3.8, 4) is 0 Å². The molecule has 0 radical (unpaired) electrons. The predicted molar refractivity (Wildman–Crippen MR) is 71.4 cm³/mol. The summed E-state index contributed by atoms with van der Waals surface area (Å²) in [4.78, 5) is 11.8. The Balaban J connectivity index is 2.49. The van der Waals surface area contributed by atoms with Crippen molar-refractivity contribution in [3.05, 3.63) is 33.8 Å². The lowest BCUT2D eigenvalue weighted by atomic mass is 10.2. The third-order valence-corrected chi connectivity index (χ3v) is 3.04. The van der Waals surface area contributed by atoms with Gasteiger partial charge in [-0.25, -0.2) is 0 Å². The van der Waals surface area contributed by atoms with Gasteiger partial charge in [-0.05, 0) is 18.6 Å². The standard InChI is InChI=1S/C11H13Cl2N3O2/c12-8-4-1-3-7(10(8)13)11(17)15-6-2-5-9(14)16-18/h1,3-4,18H,2,5-6H2,(H2,14,16)(H,15,17). The summed E-state index contributed by atoms with van der Waals surface area (Å²) in [7, 11) is 0. The van der Waals surface area contributed by atoms with Crippen LogP contribution in [0.3, 0.4) is 0 Å². The molecule has 0 aliphatic carbocycles. The van der Waals surface area contributed by atoms with E-state index >= 15 is 0 Å². The molecule has 0 unspecified atom stereocenters. The fourth-order valence-corrected chi connectivity index (χ4v) is 1.68. The van der Waals surface area contributed by atoms with Crippen LogP contribution in [0.1, 0.15) is 23.2 Å². The Morgan fingerprint density at radius 3 is 2.83 bits per heavy atom. The van der Waals surface area contributed by atoms with Crippen molar-refractivity contribution in [1.82, 2.24) is 5.32 Å². The molecule has 0 aromatic heterocycles. The Morgan fingerprint density at radius 2 is 2.17 bits per heavy atom. The Morgan fingerprint density at radius 1 is 1.44 bits per heavy atom. The van der Waals surface area contributed by atoms with E-state index in [2.05, 4.69) is 10.5 Å². The minimum atomic E-state index is -0.304. The molecular weight excluding hydrogens is 277 g/mol. The molecule has 0 saturated carbocycles. The molecule has 18 heavy (non-hydrogen) atoms. The number of hydrogen-bond donors (Lipinski definition) is 3. The summed E-state index contributed by atoms with van der Waals surface area (Å²) in [5.74, 6) is -0.174. The minimum absolute atomic E-state index is 0.130. The maximum Gasteiger partial charge on any atom is 0.252 e. The van der Waals surface area contributed by atoms with Crippen LogP contribution < -0.4 is 11.1 Å². The third-order valence-electron chi connectivity index (χ3n) is 2.22. The van der Waals surface area contributed by atoms with Gasteiger partial charge in [-0.2, -0.15) is 0 Å². The molecule has 0 heterocycles. The maximum absolute atomic E-state index is 11.8. The van der Waals surface area contributed by atoms with Gasteiger partial charge in [-0.1, -0.05) is 34.4 Å². The molecular formula is C11H13Cl2N3O2. The first-order valence-corrected chi connectivity index (χ1v) is 6.00. The number of oxime groups is 1. The molecule has 4 N–H and O–H groups in total. The molecule has 1 aromatic carbocycles. The molecule has 0 bridgehead atoms. The monoisotopic (exact) mass is 289 g/mol. The number of rotatable bonds is 5. The van der Waals surface area contributed by atoms with Crippen molar-refractivity contribution in [3.63, 3.8) is 0 Å². The molecule has 98 valence electrons. The SMILES string of the molecule is NC(CCCNC(=O)c1cccc(Cl)c1Cl)=NO. The number of halogens is 2. The van der Waals surface area contributed by atoms with Crippen LogP contribution in [-0.2, 0) is 0 Å². The Bertz CT molecular complexity index is 464. The number of nitrogens with two attached hydrogens (primary N) is 1. The number of nitrogens with one attached hydrogen (secondary N) is 1. The van der Waals surface area contributed by atoms with Gasteiger partial charge in [0.15, 0.2) is 0 Å². The highest BCUT2D eigenvalue weighted by atomic mass is 35.5. The molecule has 0 aliphatic rings. The lowest BCUT2D eigenvalue weighted by Crippen LogP contribution is -2.26. The van der Waals surface area contributed by atoms with Crippen molar-refractivity contribution < 1.29 is 10.0 Å². The van der Waals surface area contributed by atoms with Gasteiger partial charge in [0.05, 0.1) is 15.6 Å². The summed E-state index contributed by atoms with van der Waals surface area (Å²) in [6.07, 6.45) is 0.972. The van der Waals surface area contributed by atoms with Gasteiger partial charge >= 0.3 is 0 Å². The second kappa shape index (κ2) is 7.08. The quantitative estimate of drug-likeness (QED) is 0.255. The van der Waals surface area contributed by atoms with Crippen molar-refractivity contribution in [2.24, 2.45) is 10.9 Å². The van der Waals surface area contributed by atoms with Crippen LogP contribution in [0.2, 0.25) is 10.0 Å². The van der Waals surface area contributed by atoms with Crippen LogP contribution in [-0.4, -0.2) is 23.5 Å². The van der Waals surface area contributed by atoms with E-state index in [-0.39, 0.29) is 16.8 Å². The van der Waals surface area contributed by atoms with E-state index in [0.29, 0.717) is 30.0 Å². The second-order valence-electron chi connectivity index (χ2n) is 3.55. The summed E-state index contributed by atoms with van der Waals surface area (Å²) >= 11 is 11.7. The highest BCUT2D eigenvalue weighted by Crippen LogP contribution is 2.25. The van der Waals surface area contributed by atoms with E-state index < -0.39 is 0 Å². The molecule has 7 heteroatoms. The fourth-order valence-electron chi connectivity index (χ4n) is 1.30.